The minimum Gasteiger partial charge on any atom is -0.495 e. The van der Waals surface area contributed by atoms with Gasteiger partial charge in [-0.25, -0.2) is 4.98 Å². The highest BCUT2D eigenvalue weighted by Crippen LogP contribution is 2.29. The predicted octanol–water partition coefficient (Wildman–Crippen LogP) is 3.24. The molecule has 1 heterocycles. The first-order chi connectivity index (χ1) is 8.10. The van der Waals surface area contributed by atoms with Crippen LogP contribution in [0.15, 0.2) is 28.9 Å². The van der Waals surface area contributed by atoms with Crippen LogP contribution < -0.4 is 10.1 Å². The van der Waals surface area contributed by atoms with Crippen molar-refractivity contribution in [1.82, 2.24) is 9.55 Å². The number of imidazole rings is 1. The number of aromatic nitrogens is 2. The first kappa shape index (κ1) is 12.0. The highest BCUT2D eigenvalue weighted by atomic mass is 79.9. The van der Waals surface area contributed by atoms with Crippen LogP contribution >= 0.6 is 15.9 Å². The highest BCUT2D eigenvalue weighted by molar-refractivity contribution is 9.10. The van der Waals surface area contributed by atoms with Crippen LogP contribution in [0.25, 0.3) is 0 Å². The summed E-state index contributed by atoms with van der Waals surface area (Å²) in [5, 5.41) is 3.25. The van der Waals surface area contributed by atoms with Crippen molar-refractivity contribution in [2.75, 3.05) is 12.4 Å². The van der Waals surface area contributed by atoms with Gasteiger partial charge in [-0.2, -0.15) is 0 Å². The number of rotatable bonds is 3. The van der Waals surface area contributed by atoms with Crippen molar-refractivity contribution in [1.29, 1.82) is 0 Å². The number of ether oxygens (including phenoxy) is 1. The third-order valence-electron chi connectivity index (χ3n) is 2.40. The zero-order valence-corrected chi connectivity index (χ0v) is 11.6. The van der Waals surface area contributed by atoms with E-state index >= 15 is 0 Å². The Bertz CT molecular complexity index is 537. The van der Waals surface area contributed by atoms with Crippen LogP contribution in [0.2, 0.25) is 0 Å². The van der Waals surface area contributed by atoms with Gasteiger partial charge in [0.05, 0.1) is 17.3 Å². The molecule has 0 unspecified atom stereocenters. The van der Waals surface area contributed by atoms with Gasteiger partial charge in [-0.15, -0.1) is 0 Å². The molecule has 0 atom stereocenters. The molecule has 1 aromatic carbocycles. The molecule has 5 heteroatoms. The molecule has 1 aromatic heterocycles. The van der Waals surface area contributed by atoms with E-state index in [0.29, 0.717) is 0 Å². The number of halogens is 1. The van der Waals surface area contributed by atoms with E-state index in [1.54, 1.807) is 7.11 Å². The van der Waals surface area contributed by atoms with Crippen LogP contribution in [0.4, 0.5) is 11.6 Å². The molecule has 0 aliphatic rings. The van der Waals surface area contributed by atoms with E-state index in [1.807, 2.05) is 42.9 Å². The van der Waals surface area contributed by atoms with Crippen molar-refractivity contribution < 1.29 is 4.74 Å². The van der Waals surface area contributed by atoms with Gasteiger partial charge in [0.15, 0.2) is 0 Å². The number of anilines is 2. The first-order valence-corrected chi connectivity index (χ1v) is 6.00. The second-order valence-electron chi connectivity index (χ2n) is 3.79. The molecule has 2 rings (SSSR count). The normalized spacial score (nSPS) is 10.4. The van der Waals surface area contributed by atoms with E-state index < -0.39 is 0 Å². The second-order valence-corrected chi connectivity index (χ2v) is 4.65. The lowest BCUT2D eigenvalue weighted by molar-refractivity contribution is 0.412. The van der Waals surface area contributed by atoms with Crippen LogP contribution in [0, 0.1) is 6.92 Å². The molecule has 4 nitrogen and oxygen atoms in total. The highest BCUT2D eigenvalue weighted by Gasteiger charge is 2.05. The Labute approximate surface area is 109 Å². The van der Waals surface area contributed by atoms with Gasteiger partial charge in [-0.3, -0.25) is 0 Å². The van der Waals surface area contributed by atoms with Crippen molar-refractivity contribution in [2.24, 2.45) is 7.05 Å². The summed E-state index contributed by atoms with van der Waals surface area (Å²) in [6.45, 7) is 1.97. The van der Waals surface area contributed by atoms with Crippen LogP contribution in [0.5, 0.6) is 5.75 Å². The number of nitrogens with zero attached hydrogens (tertiary/aromatic N) is 2. The lowest BCUT2D eigenvalue weighted by Crippen LogP contribution is -1.98. The monoisotopic (exact) mass is 295 g/mol. The van der Waals surface area contributed by atoms with Crippen molar-refractivity contribution in [3.05, 3.63) is 34.6 Å². The molecule has 90 valence electrons. The van der Waals surface area contributed by atoms with Crippen LogP contribution in [0.1, 0.15) is 5.69 Å². The van der Waals surface area contributed by atoms with E-state index in [2.05, 4.69) is 26.2 Å². The molecule has 0 aliphatic carbocycles. The fourth-order valence-corrected chi connectivity index (χ4v) is 2.01. The van der Waals surface area contributed by atoms with Crippen LogP contribution in [0.3, 0.4) is 0 Å². The Balaban J connectivity index is 2.27. The Hall–Kier alpha value is -1.49. The van der Waals surface area contributed by atoms with Crippen molar-refractivity contribution in [2.45, 2.75) is 6.92 Å². The van der Waals surface area contributed by atoms with Gasteiger partial charge in [-0.1, -0.05) is 0 Å². The van der Waals surface area contributed by atoms with Gasteiger partial charge in [0, 0.05) is 25.0 Å². The number of hydrogen-bond acceptors (Lipinski definition) is 3. The quantitative estimate of drug-likeness (QED) is 0.945. The van der Waals surface area contributed by atoms with E-state index in [1.165, 1.54) is 0 Å². The zero-order valence-electron chi connectivity index (χ0n) is 9.99. The van der Waals surface area contributed by atoms with Crippen molar-refractivity contribution >= 4 is 27.6 Å². The smallest absolute Gasteiger partial charge is 0.207 e. The molecule has 17 heavy (non-hydrogen) atoms. The van der Waals surface area contributed by atoms with E-state index in [-0.39, 0.29) is 0 Å². The van der Waals surface area contributed by atoms with E-state index in [0.717, 1.165) is 27.6 Å². The minimum atomic E-state index is 0.793. The fourth-order valence-electron chi connectivity index (χ4n) is 1.60. The Morgan fingerprint density at radius 2 is 2.18 bits per heavy atom. The molecule has 0 radical (unpaired) electrons. The summed E-state index contributed by atoms with van der Waals surface area (Å²) < 4.78 is 8.12. The Morgan fingerprint density at radius 1 is 1.41 bits per heavy atom. The topological polar surface area (TPSA) is 39.1 Å². The maximum atomic E-state index is 5.24. The molecule has 0 saturated carbocycles. The largest absolute Gasteiger partial charge is 0.495 e. The van der Waals surface area contributed by atoms with Gasteiger partial charge in [0.2, 0.25) is 5.95 Å². The van der Waals surface area contributed by atoms with E-state index in [9.17, 15) is 0 Å². The molecular formula is C12H14BrN3O. The molecule has 1 N–H and O–H groups in total. The molecule has 2 aromatic rings. The molecule has 0 fully saturated rings. The van der Waals surface area contributed by atoms with Crippen LogP contribution in [-0.2, 0) is 7.05 Å². The maximum absolute atomic E-state index is 5.24. The Kier molecular flexibility index (Phi) is 3.38. The first-order valence-electron chi connectivity index (χ1n) is 5.20. The second kappa shape index (κ2) is 4.79. The number of nitrogens with one attached hydrogen (secondary N) is 1. The van der Waals surface area contributed by atoms with Crippen LogP contribution in [-0.4, -0.2) is 16.7 Å². The number of methoxy groups -OCH3 is 1. The summed E-state index contributed by atoms with van der Waals surface area (Å²) in [7, 11) is 3.60. The van der Waals surface area contributed by atoms with Crippen molar-refractivity contribution in [3.63, 3.8) is 0 Å². The SMILES string of the molecule is COc1cc(Nc2nc(C)cn2C)ccc1Br. The Morgan fingerprint density at radius 3 is 2.76 bits per heavy atom. The molecule has 0 bridgehead atoms. The number of benzene rings is 1. The van der Waals surface area contributed by atoms with Crippen molar-refractivity contribution in [3.8, 4) is 5.75 Å². The average molecular weight is 296 g/mol. The lowest BCUT2D eigenvalue weighted by Gasteiger charge is -2.08. The number of aryl methyl sites for hydroxylation is 2. The maximum Gasteiger partial charge on any atom is 0.207 e. The predicted molar refractivity (Wildman–Crippen MR) is 71.9 cm³/mol. The van der Waals surface area contributed by atoms with Gasteiger partial charge < -0.3 is 14.6 Å². The molecule has 0 saturated heterocycles. The summed E-state index contributed by atoms with van der Waals surface area (Å²) in [6.07, 6.45) is 1.97. The molecule has 0 spiro atoms. The summed E-state index contributed by atoms with van der Waals surface area (Å²) in [4.78, 5) is 4.38. The van der Waals surface area contributed by atoms with Gasteiger partial charge in [-0.05, 0) is 35.0 Å². The van der Waals surface area contributed by atoms with Gasteiger partial charge in [0.25, 0.3) is 0 Å². The van der Waals surface area contributed by atoms with Gasteiger partial charge in [0.1, 0.15) is 5.75 Å². The summed E-state index contributed by atoms with van der Waals surface area (Å²) in [5.41, 5.74) is 1.93. The molecule has 0 amide bonds. The summed E-state index contributed by atoms with van der Waals surface area (Å²) >= 11 is 3.42. The fraction of sp³-hybridized carbons (Fsp3) is 0.250. The summed E-state index contributed by atoms with van der Waals surface area (Å²) in [6, 6.07) is 5.83. The zero-order chi connectivity index (χ0) is 12.4. The van der Waals surface area contributed by atoms with Gasteiger partial charge >= 0.3 is 0 Å². The minimum absolute atomic E-state index is 0.793. The summed E-state index contributed by atoms with van der Waals surface area (Å²) in [5.74, 6) is 1.60. The molecule has 0 aliphatic heterocycles. The molecular weight excluding hydrogens is 282 g/mol. The lowest BCUT2D eigenvalue weighted by atomic mass is 10.3. The standard InChI is InChI=1S/C12H14BrN3O/c1-8-7-16(2)12(14-8)15-9-4-5-10(13)11(6-9)17-3/h4-7H,1-3H3,(H,14,15). The average Bonchev–Trinajstić information content (AvgIpc) is 2.60. The third kappa shape index (κ3) is 2.61. The van der Waals surface area contributed by atoms with E-state index in [4.69, 9.17) is 4.74 Å². The third-order valence-corrected chi connectivity index (χ3v) is 3.06. The number of hydrogen-bond donors (Lipinski definition) is 1.